The molecular formula is C22H19Cl2N3O2S. The summed E-state index contributed by atoms with van der Waals surface area (Å²) >= 11 is 14.0. The lowest BCUT2D eigenvalue weighted by Crippen LogP contribution is -2.37. The number of ether oxygens (including phenoxy) is 1. The molecular weight excluding hydrogens is 441 g/mol. The number of halogens is 2. The molecule has 0 spiro atoms. The van der Waals surface area contributed by atoms with Crippen LogP contribution in [-0.4, -0.2) is 29.1 Å². The molecule has 1 atom stereocenters. The van der Waals surface area contributed by atoms with Gasteiger partial charge in [-0.1, -0.05) is 41.5 Å². The van der Waals surface area contributed by atoms with Gasteiger partial charge in [0.1, 0.15) is 5.92 Å². The summed E-state index contributed by atoms with van der Waals surface area (Å²) in [5, 5.41) is 3.18. The first-order valence-electron chi connectivity index (χ1n) is 9.81. The van der Waals surface area contributed by atoms with Crippen LogP contribution in [0.15, 0.2) is 36.4 Å². The van der Waals surface area contributed by atoms with Crippen molar-refractivity contribution in [3.05, 3.63) is 57.7 Å². The first kappa shape index (κ1) is 19.7. The van der Waals surface area contributed by atoms with Crippen LogP contribution in [-0.2, 0) is 16.1 Å². The lowest BCUT2D eigenvalue weighted by molar-refractivity contribution is -0.145. The van der Waals surface area contributed by atoms with Crippen LogP contribution in [0.5, 0.6) is 0 Å². The van der Waals surface area contributed by atoms with Crippen molar-refractivity contribution >= 4 is 66.8 Å². The summed E-state index contributed by atoms with van der Waals surface area (Å²) in [6.45, 7) is 3.53. The minimum Gasteiger partial charge on any atom is -0.465 e. The highest BCUT2D eigenvalue weighted by atomic mass is 35.5. The number of carbonyl (C=O) groups excluding carboxylic acids is 1. The minimum absolute atomic E-state index is 0.215. The molecule has 0 fully saturated rings. The maximum absolute atomic E-state index is 13.0. The largest absolute Gasteiger partial charge is 0.465 e. The molecule has 1 aliphatic rings. The van der Waals surface area contributed by atoms with Gasteiger partial charge in [-0.2, -0.15) is 0 Å². The third-order valence-electron chi connectivity index (χ3n) is 5.33. The Bertz CT molecular complexity index is 1270. The molecule has 0 saturated heterocycles. The number of hydrogen-bond acceptors (Lipinski definition) is 5. The van der Waals surface area contributed by atoms with Gasteiger partial charge in [-0.25, -0.2) is 4.98 Å². The molecule has 0 amide bonds. The van der Waals surface area contributed by atoms with E-state index < -0.39 is 5.92 Å². The van der Waals surface area contributed by atoms with E-state index in [0.29, 0.717) is 29.7 Å². The Hall–Kier alpha value is -2.28. The summed E-state index contributed by atoms with van der Waals surface area (Å²) in [6, 6.07) is 11.4. The van der Waals surface area contributed by atoms with E-state index in [1.807, 2.05) is 43.3 Å². The van der Waals surface area contributed by atoms with Crippen LogP contribution >= 0.6 is 34.5 Å². The number of rotatable bonds is 4. The number of nitrogens with one attached hydrogen (secondary N) is 1. The number of H-pyrrole nitrogens is 1. The van der Waals surface area contributed by atoms with Crippen LogP contribution < -0.4 is 4.90 Å². The van der Waals surface area contributed by atoms with Crippen molar-refractivity contribution in [2.45, 2.75) is 25.8 Å². The van der Waals surface area contributed by atoms with Crippen LogP contribution in [0.25, 0.3) is 21.1 Å². The predicted octanol–water partition coefficient (Wildman–Crippen LogP) is 6.14. The van der Waals surface area contributed by atoms with E-state index in [4.69, 9.17) is 32.9 Å². The molecule has 0 aliphatic carbocycles. The SMILES string of the molecule is CCCOC(=O)C1CN(c2nc3ccc(Cl)cc3s2)Cc2[nH]c3ccc(Cl)cc3c21. The fraction of sp³-hybridized carbons (Fsp3) is 0.273. The molecule has 0 saturated carbocycles. The van der Waals surface area contributed by atoms with Crippen LogP contribution in [0.1, 0.15) is 30.5 Å². The van der Waals surface area contributed by atoms with E-state index in [0.717, 1.165) is 43.9 Å². The van der Waals surface area contributed by atoms with Gasteiger partial charge in [-0.05, 0) is 48.4 Å². The third-order valence-corrected chi connectivity index (χ3v) is 6.87. The fourth-order valence-corrected chi connectivity index (χ4v) is 5.42. The zero-order chi connectivity index (χ0) is 20.8. The van der Waals surface area contributed by atoms with Gasteiger partial charge in [0, 0.05) is 33.2 Å². The number of aromatic amines is 1. The number of hydrogen-bond donors (Lipinski definition) is 1. The number of anilines is 1. The van der Waals surface area contributed by atoms with Crippen molar-refractivity contribution < 1.29 is 9.53 Å². The third kappa shape index (κ3) is 3.43. The summed E-state index contributed by atoms with van der Waals surface area (Å²) in [5.74, 6) is -0.629. The van der Waals surface area contributed by atoms with Crippen molar-refractivity contribution in [2.24, 2.45) is 0 Å². The van der Waals surface area contributed by atoms with Crippen molar-refractivity contribution in [2.75, 3.05) is 18.1 Å². The molecule has 0 bridgehead atoms. The zero-order valence-corrected chi connectivity index (χ0v) is 18.6. The molecule has 2 aromatic carbocycles. The van der Waals surface area contributed by atoms with Crippen LogP contribution in [0.3, 0.4) is 0 Å². The molecule has 5 nitrogen and oxygen atoms in total. The Balaban J connectivity index is 1.59. The standard InChI is InChI=1S/C22H19Cl2N3O2S/c1-2-7-29-21(28)15-10-27(22-26-17-6-4-13(24)9-19(17)30-22)11-18-20(15)14-8-12(23)3-5-16(14)25-18/h3-6,8-9,15,25H,2,7,10-11H2,1H3. The number of thiazole rings is 1. The zero-order valence-electron chi connectivity index (χ0n) is 16.2. The quantitative estimate of drug-likeness (QED) is 0.372. The predicted molar refractivity (Wildman–Crippen MR) is 123 cm³/mol. The van der Waals surface area contributed by atoms with E-state index >= 15 is 0 Å². The Kier molecular flexibility index (Phi) is 5.09. The van der Waals surface area contributed by atoms with Crippen LogP contribution in [0.2, 0.25) is 10.0 Å². The van der Waals surface area contributed by atoms with E-state index in [9.17, 15) is 4.79 Å². The normalized spacial score (nSPS) is 16.2. The molecule has 154 valence electrons. The average molecular weight is 460 g/mol. The summed E-state index contributed by atoms with van der Waals surface area (Å²) in [5.41, 5.74) is 3.85. The molecule has 1 aliphatic heterocycles. The van der Waals surface area contributed by atoms with Gasteiger partial charge in [0.2, 0.25) is 0 Å². The Morgan fingerprint density at radius 1 is 1.27 bits per heavy atom. The molecule has 1 unspecified atom stereocenters. The molecule has 1 N–H and O–H groups in total. The highest BCUT2D eigenvalue weighted by molar-refractivity contribution is 7.22. The maximum atomic E-state index is 13.0. The van der Waals surface area contributed by atoms with E-state index in [2.05, 4.69) is 9.88 Å². The van der Waals surface area contributed by atoms with E-state index in [1.165, 1.54) is 0 Å². The average Bonchev–Trinajstić information content (AvgIpc) is 3.31. The monoisotopic (exact) mass is 459 g/mol. The molecule has 5 rings (SSSR count). The summed E-state index contributed by atoms with van der Waals surface area (Å²) < 4.78 is 6.57. The maximum Gasteiger partial charge on any atom is 0.315 e. The van der Waals surface area contributed by atoms with E-state index in [1.54, 1.807) is 11.3 Å². The van der Waals surface area contributed by atoms with Gasteiger partial charge >= 0.3 is 5.97 Å². The van der Waals surface area contributed by atoms with Gasteiger partial charge in [0.15, 0.2) is 5.13 Å². The second-order valence-corrected chi connectivity index (χ2v) is 9.30. The summed E-state index contributed by atoms with van der Waals surface area (Å²) in [6.07, 6.45) is 0.785. The number of nitrogens with zero attached hydrogens (tertiary/aromatic N) is 2. The van der Waals surface area contributed by atoms with E-state index in [-0.39, 0.29) is 5.97 Å². The molecule has 4 aromatic rings. The number of carbonyl (C=O) groups is 1. The number of aromatic nitrogens is 2. The molecule has 0 radical (unpaired) electrons. The van der Waals surface area contributed by atoms with Crippen molar-refractivity contribution in [1.82, 2.24) is 9.97 Å². The highest BCUT2D eigenvalue weighted by Gasteiger charge is 2.35. The number of fused-ring (bicyclic) bond motifs is 4. The topological polar surface area (TPSA) is 58.2 Å². The Morgan fingerprint density at radius 2 is 2.07 bits per heavy atom. The smallest absolute Gasteiger partial charge is 0.315 e. The second-order valence-electron chi connectivity index (χ2n) is 7.42. The molecule has 3 heterocycles. The Labute approximate surface area is 187 Å². The van der Waals surface area contributed by atoms with Gasteiger partial charge in [-0.15, -0.1) is 0 Å². The first-order valence-corrected chi connectivity index (χ1v) is 11.4. The molecule has 30 heavy (non-hydrogen) atoms. The lowest BCUT2D eigenvalue weighted by Gasteiger charge is -2.31. The Morgan fingerprint density at radius 3 is 2.90 bits per heavy atom. The number of esters is 1. The fourth-order valence-electron chi connectivity index (χ4n) is 3.99. The second kappa shape index (κ2) is 7.76. The van der Waals surface area contributed by atoms with Crippen molar-refractivity contribution in [1.29, 1.82) is 0 Å². The first-order chi connectivity index (χ1) is 14.5. The van der Waals surface area contributed by atoms with Crippen molar-refractivity contribution in [3.63, 3.8) is 0 Å². The van der Waals surface area contributed by atoms with Crippen molar-refractivity contribution in [3.8, 4) is 0 Å². The van der Waals surface area contributed by atoms with Crippen LogP contribution in [0, 0.1) is 0 Å². The molecule has 2 aromatic heterocycles. The van der Waals surface area contributed by atoms with Gasteiger partial charge in [-0.3, -0.25) is 4.79 Å². The van der Waals surface area contributed by atoms with Gasteiger partial charge < -0.3 is 14.6 Å². The van der Waals surface area contributed by atoms with Gasteiger partial charge in [0.05, 0.1) is 23.4 Å². The lowest BCUT2D eigenvalue weighted by atomic mass is 9.92. The minimum atomic E-state index is -0.414. The van der Waals surface area contributed by atoms with Crippen LogP contribution in [0.4, 0.5) is 5.13 Å². The molecule has 8 heteroatoms. The summed E-state index contributed by atoms with van der Waals surface area (Å²) in [7, 11) is 0. The number of benzene rings is 2. The summed E-state index contributed by atoms with van der Waals surface area (Å²) in [4.78, 5) is 23.4. The highest BCUT2D eigenvalue weighted by Crippen LogP contribution is 2.40. The van der Waals surface area contributed by atoms with Gasteiger partial charge in [0.25, 0.3) is 0 Å².